The van der Waals surface area contributed by atoms with Crippen LogP contribution in [0, 0.1) is 10.1 Å². The molecule has 1 unspecified atom stereocenters. The first-order valence-corrected chi connectivity index (χ1v) is 6.19. The standard InChI is InChI=1S/C12H11Cl2NO5/c1-6(15(18)19)5-8-3-4-9(11(14)10(8)13)20-7(2)12(16)17/h3-5,7H,1-2H3,(H,16,17)/b6-5+. The molecule has 6 nitrogen and oxygen atoms in total. The number of carboxylic acid groups (broad SMARTS) is 1. The fraction of sp³-hybridized carbons (Fsp3) is 0.250. The second-order valence-corrected chi connectivity index (χ2v) is 4.68. The van der Waals surface area contributed by atoms with Crippen LogP contribution in [0.1, 0.15) is 19.4 Å². The molecule has 0 aliphatic heterocycles. The van der Waals surface area contributed by atoms with Gasteiger partial charge in [0.1, 0.15) is 10.8 Å². The second-order valence-electron chi connectivity index (χ2n) is 3.92. The van der Waals surface area contributed by atoms with Crippen molar-refractivity contribution in [2.75, 3.05) is 0 Å². The highest BCUT2D eigenvalue weighted by molar-refractivity contribution is 6.43. The van der Waals surface area contributed by atoms with Crippen LogP contribution in [-0.4, -0.2) is 22.1 Å². The molecule has 1 rings (SSSR count). The number of carbonyl (C=O) groups is 1. The number of allylic oxidation sites excluding steroid dienone is 1. The van der Waals surface area contributed by atoms with Crippen LogP contribution in [0.2, 0.25) is 10.0 Å². The van der Waals surface area contributed by atoms with Crippen molar-refractivity contribution in [3.05, 3.63) is 43.6 Å². The summed E-state index contributed by atoms with van der Waals surface area (Å²) in [6.45, 7) is 2.67. The monoisotopic (exact) mass is 319 g/mol. The van der Waals surface area contributed by atoms with Crippen LogP contribution < -0.4 is 4.74 Å². The lowest BCUT2D eigenvalue weighted by Crippen LogP contribution is -2.23. The number of aliphatic carboxylic acids is 1. The molecule has 20 heavy (non-hydrogen) atoms. The van der Waals surface area contributed by atoms with Crippen molar-refractivity contribution in [3.63, 3.8) is 0 Å². The number of benzene rings is 1. The van der Waals surface area contributed by atoms with Crippen molar-refractivity contribution >= 4 is 35.2 Å². The molecule has 0 fully saturated rings. The van der Waals surface area contributed by atoms with Gasteiger partial charge in [0.05, 0.1) is 9.95 Å². The molecular weight excluding hydrogens is 309 g/mol. The normalized spacial score (nSPS) is 12.9. The SMILES string of the molecule is C/C(=C\c1ccc(OC(C)C(=O)O)c(Cl)c1Cl)[N+](=O)[O-]. The van der Waals surface area contributed by atoms with Crippen molar-refractivity contribution in [1.82, 2.24) is 0 Å². The van der Waals surface area contributed by atoms with Gasteiger partial charge in [0.25, 0.3) is 0 Å². The Morgan fingerprint density at radius 2 is 2.05 bits per heavy atom. The summed E-state index contributed by atoms with van der Waals surface area (Å²) in [4.78, 5) is 20.7. The number of hydrogen-bond donors (Lipinski definition) is 1. The van der Waals surface area contributed by atoms with Crippen molar-refractivity contribution in [3.8, 4) is 5.75 Å². The smallest absolute Gasteiger partial charge is 0.344 e. The van der Waals surface area contributed by atoms with E-state index in [2.05, 4.69) is 0 Å². The van der Waals surface area contributed by atoms with Crippen LogP contribution in [0.15, 0.2) is 17.8 Å². The average Bonchev–Trinajstić information content (AvgIpc) is 2.37. The Hall–Kier alpha value is -1.79. The van der Waals surface area contributed by atoms with Crippen molar-refractivity contribution < 1.29 is 19.6 Å². The van der Waals surface area contributed by atoms with Crippen LogP contribution in [-0.2, 0) is 4.79 Å². The van der Waals surface area contributed by atoms with Crippen LogP contribution >= 0.6 is 23.2 Å². The van der Waals surface area contributed by atoms with Crippen LogP contribution in [0.4, 0.5) is 0 Å². The summed E-state index contributed by atoms with van der Waals surface area (Å²) in [5.74, 6) is -1.05. The summed E-state index contributed by atoms with van der Waals surface area (Å²) < 4.78 is 5.12. The molecule has 0 saturated carbocycles. The molecule has 1 aromatic rings. The molecule has 1 N–H and O–H groups in total. The van der Waals surface area contributed by atoms with E-state index in [1.807, 2.05) is 0 Å². The first-order chi connectivity index (χ1) is 9.23. The van der Waals surface area contributed by atoms with Gasteiger partial charge in [-0.3, -0.25) is 10.1 Å². The zero-order valence-corrected chi connectivity index (χ0v) is 12.1. The van der Waals surface area contributed by atoms with E-state index in [4.69, 9.17) is 33.0 Å². The van der Waals surface area contributed by atoms with Gasteiger partial charge >= 0.3 is 5.97 Å². The molecule has 0 amide bonds. The summed E-state index contributed by atoms with van der Waals surface area (Å²) in [6, 6.07) is 2.87. The molecule has 0 aliphatic rings. The minimum atomic E-state index is -1.15. The number of ether oxygens (including phenoxy) is 1. The molecule has 8 heteroatoms. The van der Waals surface area contributed by atoms with Crippen molar-refractivity contribution in [2.24, 2.45) is 0 Å². The fourth-order valence-electron chi connectivity index (χ4n) is 1.27. The van der Waals surface area contributed by atoms with Gasteiger partial charge < -0.3 is 9.84 Å². The highest BCUT2D eigenvalue weighted by atomic mass is 35.5. The Morgan fingerprint density at radius 3 is 2.55 bits per heavy atom. The Kier molecular flexibility index (Phi) is 5.35. The van der Waals surface area contributed by atoms with E-state index in [-0.39, 0.29) is 21.5 Å². The van der Waals surface area contributed by atoms with Gasteiger partial charge in [-0.15, -0.1) is 0 Å². The minimum absolute atomic E-state index is 0.00432. The molecule has 0 heterocycles. The Morgan fingerprint density at radius 1 is 1.45 bits per heavy atom. The largest absolute Gasteiger partial charge is 0.479 e. The molecule has 1 atom stereocenters. The van der Waals surface area contributed by atoms with Gasteiger partial charge in [-0.25, -0.2) is 4.79 Å². The van der Waals surface area contributed by atoms with E-state index < -0.39 is 17.0 Å². The molecule has 0 aromatic heterocycles. The van der Waals surface area contributed by atoms with E-state index in [1.54, 1.807) is 0 Å². The predicted octanol–water partition coefficient (Wildman–Crippen LogP) is 3.48. The van der Waals surface area contributed by atoms with E-state index >= 15 is 0 Å². The zero-order chi connectivity index (χ0) is 15.4. The van der Waals surface area contributed by atoms with Gasteiger partial charge in [0.15, 0.2) is 6.10 Å². The number of halogens is 2. The summed E-state index contributed by atoms with van der Waals surface area (Å²) in [7, 11) is 0. The zero-order valence-electron chi connectivity index (χ0n) is 10.6. The quantitative estimate of drug-likeness (QED) is 0.662. The minimum Gasteiger partial charge on any atom is -0.479 e. The van der Waals surface area contributed by atoms with Gasteiger partial charge in [0.2, 0.25) is 5.70 Å². The van der Waals surface area contributed by atoms with Crippen LogP contribution in [0.5, 0.6) is 5.75 Å². The number of nitrogens with zero attached hydrogens (tertiary/aromatic N) is 1. The third-order valence-corrected chi connectivity index (χ3v) is 3.26. The number of hydrogen-bond acceptors (Lipinski definition) is 4. The van der Waals surface area contributed by atoms with E-state index in [9.17, 15) is 14.9 Å². The van der Waals surface area contributed by atoms with Crippen LogP contribution in [0.3, 0.4) is 0 Å². The molecule has 0 spiro atoms. The topological polar surface area (TPSA) is 89.7 Å². The number of nitro groups is 1. The molecule has 0 aliphatic carbocycles. The lowest BCUT2D eigenvalue weighted by molar-refractivity contribution is -0.422. The molecular formula is C12H11Cl2NO5. The fourth-order valence-corrected chi connectivity index (χ4v) is 1.70. The summed E-state index contributed by atoms with van der Waals surface area (Å²) in [5.41, 5.74) is 0.247. The van der Waals surface area contributed by atoms with Gasteiger partial charge in [0, 0.05) is 18.6 Å². The molecule has 108 valence electrons. The van der Waals surface area contributed by atoms with Crippen molar-refractivity contribution in [2.45, 2.75) is 20.0 Å². The van der Waals surface area contributed by atoms with E-state index in [0.29, 0.717) is 5.56 Å². The summed E-state index contributed by atoms with van der Waals surface area (Å²) in [6.07, 6.45) is 0.170. The first kappa shape index (κ1) is 16.3. The Balaban J connectivity index is 3.13. The van der Waals surface area contributed by atoms with Gasteiger partial charge in [-0.1, -0.05) is 23.2 Å². The van der Waals surface area contributed by atoms with Crippen molar-refractivity contribution in [1.29, 1.82) is 0 Å². The number of rotatable bonds is 5. The highest BCUT2D eigenvalue weighted by Gasteiger charge is 2.17. The lowest BCUT2D eigenvalue weighted by Gasteiger charge is -2.13. The maximum absolute atomic E-state index is 10.7. The number of carboxylic acids is 1. The maximum Gasteiger partial charge on any atom is 0.344 e. The second kappa shape index (κ2) is 6.58. The lowest BCUT2D eigenvalue weighted by atomic mass is 10.2. The molecule has 1 aromatic carbocycles. The molecule has 0 radical (unpaired) electrons. The predicted molar refractivity (Wildman–Crippen MR) is 74.8 cm³/mol. The van der Waals surface area contributed by atoms with E-state index in [1.165, 1.54) is 32.1 Å². The molecule has 0 bridgehead atoms. The van der Waals surface area contributed by atoms with Gasteiger partial charge in [-0.2, -0.15) is 0 Å². The van der Waals surface area contributed by atoms with Gasteiger partial charge in [-0.05, 0) is 19.1 Å². The third kappa shape index (κ3) is 3.85. The summed E-state index contributed by atoms with van der Waals surface area (Å²) in [5, 5.41) is 19.4. The Bertz CT molecular complexity index is 585. The molecule has 0 saturated heterocycles. The Labute approximate surface area is 124 Å². The van der Waals surface area contributed by atoms with E-state index in [0.717, 1.165) is 0 Å². The highest BCUT2D eigenvalue weighted by Crippen LogP contribution is 2.36. The first-order valence-electron chi connectivity index (χ1n) is 5.44. The summed E-state index contributed by atoms with van der Waals surface area (Å²) >= 11 is 11.9. The average molecular weight is 320 g/mol. The maximum atomic E-state index is 10.7. The third-order valence-electron chi connectivity index (χ3n) is 2.38. The van der Waals surface area contributed by atoms with Crippen LogP contribution in [0.25, 0.3) is 6.08 Å².